The summed E-state index contributed by atoms with van der Waals surface area (Å²) in [6, 6.07) is 5.56. The summed E-state index contributed by atoms with van der Waals surface area (Å²) in [7, 11) is -3.00. The summed E-state index contributed by atoms with van der Waals surface area (Å²) < 4.78 is 20.4. The van der Waals surface area contributed by atoms with Gasteiger partial charge in [-0.25, -0.2) is 4.57 Å². The predicted octanol–water partition coefficient (Wildman–Crippen LogP) is 1.15. The molecule has 0 radical (unpaired) electrons. The van der Waals surface area contributed by atoms with Crippen molar-refractivity contribution in [2.24, 2.45) is 0 Å². The van der Waals surface area contributed by atoms with Gasteiger partial charge in [0.05, 0.1) is 12.1 Å². The Morgan fingerprint density at radius 1 is 1.38 bits per heavy atom. The average Bonchev–Trinajstić information content (AvgIpc) is 2.48. The van der Waals surface area contributed by atoms with Gasteiger partial charge < -0.3 is 9.42 Å². The number of carbonyl (C=O) groups excluding carboxylic acids is 2. The highest BCUT2D eigenvalue weighted by atomic mass is 31.2. The van der Waals surface area contributed by atoms with Crippen LogP contribution in [0, 0.1) is 0 Å². The molecule has 0 aromatic heterocycles. The molecule has 0 bridgehead atoms. The van der Waals surface area contributed by atoms with Crippen LogP contribution in [0.4, 0.5) is 0 Å². The number of carbonyl (C=O) groups is 2. The molecule has 1 aromatic rings. The van der Waals surface area contributed by atoms with E-state index in [1.807, 2.05) is 0 Å². The highest BCUT2D eigenvalue weighted by molar-refractivity contribution is 7.47. The Morgan fingerprint density at radius 3 is 2.52 bits per heavy atom. The summed E-state index contributed by atoms with van der Waals surface area (Å²) in [6.45, 7) is 1.69. The Bertz CT molecular complexity index is 587. The van der Waals surface area contributed by atoms with Gasteiger partial charge in [-0.3, -0.25) is 19.0 Å². The van der Waals surface area contributed by atoms with Crippen molar-refractivity contribution in [3.63, 3.8) is 0 Å². The van der Waals surface area contributed by atoms with Crippen LogP contribution < -0.4 is 4.52 Å². The molecule has 0 spiro atoms. The summed E-state index contributed by atoms with van der Waals surface area (Å²) in [5.74, 6) is 0.216. The van der Waals surface area contributed by atoms with Gasteiger partial charge >= 0.3 is 7.82 Å². The zero-order chi connectivity index (χ0) is 15.6. The smallest absolute Gasteiger partial charge is 0.404 e. The number of ketones is 1. The number of amides is 1. The van der Waals surface area contributed by atoms with Crippen LogP contribution in [0.1, 0.15) is 12.5 Å². The molecule has 2 rings (SSSR count). The van der Waals surface area contributed by atoms with Crippen molar-refractivity contribution >= 4 is 20.0 Å². The van der Waals surface area contributed by atoms with Gasteiger partial charge in [-0.05, 0) is 24.6 Å². The topological polar surface area (TPSA) is 93.1 Å². The second-order valence-corrected chi connectivity index (χ2v) is 6.22. The maximum Gasteiger partial charge on any atom is 0.527 e. The minimum atomic E-state index is -4.07. The monoisotopic (exact) mass is 313 g/mol. The number of phosphoric ester groups is 1. The van der Waals surface area contributed by atoms with Crippen LogP contribution >= 0.6 is 7.82 Å². The van der Waals surface area contributed by atoms with Crippen LogP contribution in [0.3, 0.4) is 0 Å². The molecule has 3 atom stereocenters. The van der Waals surface area contributed by atoms with Crippen molar-refractivity contribution in [3.05, 3.63) is 29.8 Å². The van der Waals surface area contributed by atoms with Crippen LogP contribution in [0.25, 0.3) is 0 Å². The lowest BCUT2D eigenvalue weighted by molar-refractivity contribution is -0.151. The van der Waals surface area contributed by atoms with E-state index in [-0.39, 0.29) is 17.6 Å². The van der Waals surface area contributed by atoms with Gasteiger partial charge in [0.2, 0.25) is 6.41 Å². The Hall–Kier alpha value is -1.69. The fourth-order valence-corrected chi connectivity index (χ4v) is 2.67. The largest absolute Gasteiger partial charge is 0.527 e. The zero-order valence-corrected chi connectivity index (χ0v) is 12.5. The van der Waals surface area contributed by atoms with Crippen molar-refractivity contribution in [2.75, 3.05) is 7.11 Å². The number of hydrogen-bond donors (Lipinski definition) is 1. The highest BCUT2D eigenvalue weighted by Gasteiger charge is 2.43. The summed E-state index contributed by atoms with van der Waals surface area (Å²) in [5, 5.41) is 0. The molecular weight excluding hydrogens is 297 g/mol. The summed E-state index contributed by atoms with van der Waals surface area (Å²) in [6.07, 6.45) is 1.08. The molecule has 1 fully saturated rings. The minimum absolute atomic E-state index is 0.0293. The zero-order valence-electron chi connectivity index (χ0n) is 11.6. The average molecular weight is 313 g/mol. The third-order valence-electron chi connectivity index (χ3n) is 3.47. The van der Waals surface area contributed by atoms with Crippen molar-refractivity contribution in [3.8, 4) is 5.75 Å². The molecule has 1 aliphatic heterocycles. The number of rotatable bonds is 6. The Labute approximate surface area is 122 Å². The molecule has 0 saturated carbocycles. The lowest BCUT2D eigenvalue weighted by atomic mass is 9.88. The van der Waals surface area contributed by atoms with E-state index in [4.69, 9.17) is 4.52 Å². The molecule has 1 aromatic carbocycles. The maximum atomic E-state index is 11.7. The van der Waals surface area contributed by atoms with Crippen LogP contribution in [-0.4, -0.2) is 41.2 Å². The molecule has 1 aliphatic rings. The SMILES string of the molecule is COP(=O)(O)Oc1ccc(C[C@H]2C(=O)C(C)N2C=O)cc1. The Morgan fingerprint density at radius 2 is 2.00 bits per heavy atom. The first kappa shape index (κ1) is 15.7. The normalized spacial score (nSPS) is 24.1. The minimum Gasteiger partial charge on any atom is -0.404 e. The van der Waals surface area contributed by atoms with Crippen LogP contribution in [0.2, 0.25) is 0 Å². The second-order valence-electron chi connectivity index (χ2n) is 4.74. The summed E-state index contributed by atoms with van der Waals surface area (Å²) in [5.41, 5.74) is 0.824. The Balaban J connectivity index is 2.02. The third-order valence-corrected chi connectivity index (χ3v) is 4.38. The molecule has 2 unspecified atom stereocenters. The number of likely N-dealkylation sites (tertiary alicyclic amines) is 1. The fourth-order valence-electron chi connectivity index (χ4n) is 2.21. The highest BCUT2D eigenvalue weighted by Crippen LogP contribution is 2.42. The molecule has 1 amide bonds. The van der Waals surface area contributed by atoms with Gasteiger partial charge in [0.25, 0.3) is 0 Å². The number of nitrogens with zero attached hydrogens (tertiary/aromatic N) is 1. The summed E-state index contributed by atoms with van der Waals surface area (Å²) >= 11 is 0. The van der Waals surface area contributed by atoms with E-state index < -0.39 is 13.9 Å². The van der Waals surface area contributed by atoms with Gasteiger partial charge in [0, 0.05) is 13.5 Å². The number of Topliss-reactive ketones (excluding diaryl/α,β-unsaturated/α-hetero) is 1. The summed E-state index contributed by atoms with van der Waals surface area (Å²) in [4.78, 5) is 33.2. The maximum absolute atomic E-state index is 11.7. The molecule has 21 heavy (non-hydrogen) atoms. The number of benzene rings is 1. The molecule has 1 saturated heterocycles. The van der Waals surface area contributed by atoms with Gasteiger partial charge in [0.1, 0.15) is 5.75 Å². The van der Waals surface area contributed by atoms with Gasteiger partial charge in [-0.2, -0.15) is 0 Å². The van der Waals surface area contributed by atoms with Gasteiger partial charge in [-0.1, -0.05) is 12.1 Å². The van der Waals surface area contributed by atoms with Crippen molar-refractivity contribution < 1.29 is 28.1 Å². The predicted molar refractivity (Wildman–Crippen MR) is 73.8 cm³/mol. The van der Waals surface area contributed by atoms with Crippen molar-refractivity contribution in [1.29, 1.82) is 0 Å². The van der Waals surface area contributed by atoms with E-state index in [9.17, 15) is 19.0 Å². The third kappa shape index (κ3) is 3.32. The van der Waals surface area contributed by atoms with E-state index in [0.29, 0.717) is 12.8 Å². The van der Waals surface area contributed by atoms with Crippen molar-refractivity contribution in [2.45, 2.75) is 25.4 Å². The van der Waals surface area contributed by atoms with Crippen LogP contribution in [0.5, 0.6) is 5.75 Å². The molecular formula is C13H16NO6P. The van der Waals surface area contributed by atoms with E-state index in [2.05, 4.69) is 4.52 Å². The first-order chi connectivity index (χ1) is 9.88. The lowest BCUT2D eigenvalue weighted by Crippen LogP contribution is -2.63. The van der Waals surface area contributed by atoms with Crippen LogP contribution in [0.15, 0.2) is 24.3 Å². The Kier molecular flexibility index (Phi) is 4.46. The van der Waals surface area contributed by atoms with E-state index >= 15 is 0 Å². The molecule has 1 N–H and O–H groups in total. The standard InChI is InChI=1S/C13H16NO6P/c1-9-13(16)12(14(9)8-15)7-10-3-5-11(6-4-10)20-21(17,18)19-2/h3-6,8-9,12H,7H2,1-2H3,(H,17,18)/t9?,12-/m0/s1. The molecule has 7 nitrogen and oxygen atoms in total. The number of hydrogen-bond acceptors (Lipinski definition) is 5. The van der Waals surface area contributed by atoms with Crippen LogP contribution in [-0.2, 0) is 25.1 Å². The number of phosphoric acid groups is 1. The molecule has 114 valence electrons. The first-order valence-electron chi connectivity index (χ1n) is 6.31. The fraction of sp³-hybridized carbons (Fsp3) is 0.385. The van der Waals surface area contributed by atoms with Gasteiger partial charge in [-0.15, -0.1) is 0 Å². The molecule has 8 heteroatoms. The van der Waals surface area contributed by atoms with E-state index in [1.165, 1.54) is 17.0 Å². The first-order valence-corrected chi connectivity index (χ1v) is 7.81. The lowest BCUT2D eigenvalue weighted by Gasteiger charge is -2.42. The van der Waals surface area contributed by atoms with Gasteiger partial charge in [0.15, 0.2) is 5.78 Å². The van der Waals surface area contributed by atoms with Crippen molar-refractivity contribution in [1.82, 2.24) is 4.90 Å². The molecule has 0 aliphatic carbocycles. The molecule has 1 heterocycles. The quantitative estimate of drug-likeness (QED) is 0.625. The van der Waals surface area contributed by atoms with E-state index in [1.54, 1.807) is 19.1 Å². The second kappa shape index (κ2) is 5.97. The van der Waals surface area contributed by atoms with E-state index in [0.717, 1.165) is 12.7 Å².